The van der Waals surface area contributed by atoms with Crippen LogP contribution < -0.4 is 0 Å². The lowest BCUT2D eigenvalue weighted by Gasteiger charge is -2.44. The summed E-state index contributed by atoms with van der Waals surface area (Å²) in [5.74, 6) is -1.53. The Hall–Kier alpha value is -2.04. The third-order valence-corrected chi connectivity index (χ3v) is 4.15. The van der Waals surface area contributed by atoms with Gasteiger partial charge < -0.3 is 15.1 Å². The molecule has 0 aliphatic carbocycles. The fraction of sp³-hybridized carbons (Fsp3) is 0.500. The summed E-state index contributed by atoms with van der Waals surface area (Å²) in [7, 11) is 0. The summed E-state index contributed by atoms with van der Waals surface area (Å²) in [6, 6.07) is 3.92. The van der Waals surface area contributed by atoms with Gasteiger partial charge in [0.25, 0.3) is 5.91 Å². The van der Waals surface area contributed by atoms with Gasteiger partial charge in [0, 0.05) is 6.54 Å². The number of amides is 1. The number of carboxylic acids is 1. The number of aliphatic carboxylic acids is 1. The van der Waals surface area contributed by atoms with Gasteiger partial charge >= 0.3 is 5.97 Å². The van der Waals surface area contributed by atoms with E-state index in [0.717, 1.165) is 18.4 Å². The van der Waals surface area contributed by atoms with E-state index in [0.29, 0.717) is 6.54 Å². The van der Waals surface area contributed by atoms with E-state index in [4.69, 9.17) is 0 Å². The molecule has 0 bridgehead atoms. The van der Waals surface area contributed by atoms with Crippen LogP contribution in [0.1, 0.15) is 42.6 Å². The second-order valence-corrected chi connectivity index (χ2v) is 6.35. The average Bonchev–Trinajstić information content (AvgIpc) is 2.36. The van der Waals surface area contributed by atoms with E-state index in [-0.39, 0.29) is 11.3 Å². The van der Waals surface area contributed by atoms with Gasteiger partial charge in [-0.05, 0) is 42.9 Å². The molecule has 1 aromatic rings. The minimum Gasteiger partial charge on any atom is -0.507 e. The average molecular weight is 291 g/mol. The number of hydrogen-bond donors (Lipinski definition) is 2. The molecule has 2 N–H and O–H groups in total. The van der Waals surface area contributed by atoms with Crippen molar-refractivity contribution < 1.29 is 19.8 Å². The van der Waals surface area contributed by atoms with Crippen LogP contribution >= 0.6 is 0 Å². The highest BCUT2D eigenvalue weighted by Gasteiger charge is 2.44. The van der Waals surface area contributed by atoms with Gasteiger partial charge in [-0.1, -0.05) is 19.9 Å². The number of carboxylic acid groups (broad SMARTS) is 1. The van der Waals surface area contributed by atoms with Gasteiger partial charge in [0.2, 0.25) is 0 Å². The molecule has 5 heteroatoms. The number of aromatic hydroxyl groups is 1. The highest BCUT2D eigenvalue weighted by molar-refractivity contribution is 5.99. The third-order valence-electron chi connectivity index (χ3n) is 4.15. The van der Waals surface area contributed by atoms with Crippen LogP contribution in [0, 0.1) is 12.3 Å². The van der Waals surface area contributed by atoms with E-state index in [1.54, 1.807) is 12.1 Å². The van der Waals surface area contributed by atoms with Crippen molar-refractivity contribution in [1.82, 2.24) is 4.90 Å². The number of benzene rings is 1. The number of nitrogens with zero attached hydrogens (tertiary/aromatic N) is 1. The third kappa shape index (κ3) is 2.86. The lowest BCUT2D eigenvalue weighted by Crippen LogP contribution is -2.56. The van der Waals surface area contributed by atoms with Gasteiger partial charge in [-0.25, -0.2) is 4.79 Å². The molecular formula is C16H21NO4. The zero-order valence-corrected chi connectivity index (χ0v) is 12.6. The number of carbonyl (C=O) groups is 2. The summed E-state index contributed by atoms with van der Waals surface area (Å²) < 4.78 is 0. The SMILES string of the molecule is Cc1ccc(C(=O)N2CCCC(C)(C)C2C(=O)O)c(O)c1. The minimum absolute atomic E-state index is 0.104. The van der Waals surface area contributed by atoms with E-state index >= 15 is 0 Å². The van der Waals surface area contributed by atoms with E-state index in [1.165, 1.54) is 11.0 Å². The maximum absolute atomic E-state index is 12.6. The Morgan fingerprint density at radius 2 is 2.00 bits per heavy atom. The van der Waals surface area contributed by atoms with Crippen molar-refractivity contribution in [2.24, 2.45) is 5.41 Å². The van der Waals surface area contributed by atoms with Crippen LogP contribution in [0.5, 0.6) is 5.75 Å². The minimum atomic E-state index is -1.00. The Kier molecular flexibility index (Phi) is 3.94. The number of carbonyl (C=O) groups excluding carboxylic acids is 1. The molecule has 1 aliphatic rings. The molecule has 1 fully saturated rings. The molecule has 1 heterocycles. The molecule has 0 saturated carbocycles. The fourth-order valence-corrected chi connectivity index (χ4v) is 3.06. The van der Waals surface area contributed by atoms with Crippen LogP contribution in [0.25, 0.3) is 0 Å². The first-order valence-electron chi connectivity index (χ1n) is 7.07. The number of phenols is 1. The molecule has 0 radical (unpaired) electrons. The zero-order valence-electron chi connectivity index (χ0n) is 12.6. The maximum Gasteiger partial charge on any atom is 0.326 e. The predicted molar refractivity (Wildman–Crippen MR) is 78.3 cm³/mol. The highest BCUT2D eigenvalue weighted by atomic mass is 16.4. The van der Waals surface area contributed by atoms with Crippen molar-refractivity contribution >= 4 is 11.9 Å². The molecule has 5 nitrogen and oxygen atoms in total. The molecule has 1 unspecified atom stereocenters. The van der Waals surface area contributed by atoms with Crippen molar-refractivity contribution in [3.05, 3.63) is 29.3 Å². The lowest BCUT2D eigenvalue weighted by atomic mass is 9.76. The fourth-order valence-electron chi connectivity index (χ4n) is 3.06. The van der Waals surface area contributed by atoms with Crippen molar-refractivity contribution in [2.75, 3.05) is 6.54 Å². The number of piperidine rings is 1. The summed E-state index contributed by atoms with van der Waals surface area (Å²) in [6.45, 7) is 5.94. The van der Waals surface area contributed by atoms with Gasteiger partial charge in [-0.3, -0.25) is 4.79 Å². The van der Waals surface area contributed by atoms with Gasteiger partial charge in [-0.2, -0.15) is 0 Å². The molecule has 1 amide bonds. The van der Waals surface area contributed by atoms with Crippen LogP contribution in [0.15, 0.2) is 18.2 Å². The second kappa shape index (κ2) is 5.39. The molecule has 114 valence electrons. The maximum atomic E-state index is 12.6. The van der Waals surface area contributed by atoms with Gasteiger partial charge in [0.05, 0.1) is 5.56 Å². The molecule has 0 aromatic heterocycles. The topological polar surface area (TPSA) is 77.8 Å². The van der Waals surface area contributed by atoms with Crippen molar-refractivity contribution in [3.63, 3.8) is 0 Å². The van der Waals surface area contributed by atoms with Crippen molar-refractivity contribution in [2.45, 2.75) is 39.7 Å². The molecule has 1 aliphatic heterocycles. The lowest BCUT2D eigenvalue weighted by molar-refractivity contribution is -0.148. The van der Waals surface area contributed by atoms with Gasteiger partial charge in [0.15, 0.2) is 0 Å². The molecule has 1 atom stereocenters. The van der Waals surface area contributed by atoms with Crippen LogP contribution in [0.3, 0.4) is 0 Å². The van der Waals surface area contributed by atoms with Crippen LogP contribution in [-0.4, -0.2) is 39.6 Å². The summed E-state index contributed by atoms with van der Waals surface area (Å²) in [4.78, 5) is 25.6. The molecule has 1 saturated heterocycles. The van der Waals surface area contributed by atoms with E-state index in [9.17, 15) is 19.8 Å². The van der Waals surface area contributed by atoms with Gasteiger partial charge in [0.1, 0.15) is 11.8 Å². The Bertz CT molecular complexity index is 580. The number of rotatable bonds is 2. The van der Waals surface area contributed by atoms with Crippen molar-refractivity contribution in [1.29, 1.82) is 0 Å². The molecule has 21 heavy (non-hydrogen) atoms. The zero-order chi connectivity index (χ0) is 15.8. The van der Waals surface area contributed by atoms with Crippen molar-refractivity contribution in [3.8, 4) is 5.75 Å². The first kappa shape index (κ1) is 15.4. The van der Waals surface area contributed by atoms with E-state index < -0.39 is 23.3 Å². The summed E-state index contributed by atoms with van der Waals surface area (Å²) in [5, 5.41) is 19.4. The number of hydrogen-bond acceptors (Lipinski definition) is 3. The first-order valence-corrected chi connectivity index (χ1v) is 7.07. The van der Waals surface area contributed by atoms with Crippen LogP contribution in [0.2, 0.25) is 0 Å². The number of phenolic OH excluding ortho intramolecular Hbond substituents is 1. The molecular weight excluding hydrogens is 270 g/mol. The first-order chi connectivity index (χ1) is 9.74. The Balaban J connectivity index is 2.38. The van der Waals surface area contributed by atoms with Gasteiger partial charge in [-0.15, -0.1) is 0 Å². The second-order valence-electron chi connectivity index (χ2n) is 6.35. The normalized spacial score (nSPS) is 21.1. The molecule has 2 rings (SSSR count). The quantitative estimate of drug-likeness (QED) is 0.877. The number of likely N-dealkylation sites (tertiary alicyclic amines) is 1. The Morgan fingerprint density at radius 3 is 2.57 bits per heavy atom. The van der Waals surface area contributed by atoms with Crippen LogP contribution in [0.4, 0.5) is 0 Å². The summed E-state index contributed by atoms with van der Waals surface area (Å²) >= 11 is 0. The Labute approximate surface area is 124 Å². The smallest absolute Gasteiger partial charge is 0.326 e. The Morgan fingerprint density at radius 1 is 1.33 bits per heavy atom. The summed E-state index contributed by atoms with van der Waals surface area (Å²) in [6.07, 6.45) is 1.52. The van der Waals surface area contributed by atoms with E-state index in [1.807, 2.05) is 20.8 Å². The van der Waals surface area contributed by atoms with E-state index in [2.05, 4.69) is 0 Å². The summed E-state index contributed by atoms with van der Waals surface area (Å²) in [5.41, 5.74) is 0.516. The predicted octanol–water partition coefficient (Wildman–Crippen LogP) is 2.42. The van der Waals surface area contributed by atoms with Crippen LogP contribution in [-0.2, 0) is 4.79 Å². The molecule has 0 spiro atoms. The number of aryl methyl sites for hydroxylation is 1. The monoisotopic (exact) mass is 291 g/mol. The largest absolute Gasteiger partial charge is 0.507 e. The molecule has 1 aromatic carbocycles. The standard InChI is InChI=1S/C16H21NO4/c1-10-5-6-11(12(18)9-10)14(19)17-8-4-7-16(2,3)13(17)15(20)21/h5-6,9,13,18H,4,7-8H2,1-3H3,(H,20,21). The highest BCUT2D eigenvalue weighted by Crippen LogP contribution is 2.36.